The van der Waals surface area contributed by atoms with E-state index in [9.17, 15) is 9.59 Å². The van der Waals surface area contributed by atoms with Crippen LogP contribution < -0.4 is 5.32 Å². The average molecular weight is 406 g/mol. The maximum absolute atomic E-state index is 12.4. The van der Waals surface area contributed by atoms with Gasteiger partial charge in [0.2, 0.25) is 5.91 Å². The smallest absolute Gasteiger partial charge is 0.410 e. The Balaban J connectivity index is 1.35. The number of carbonyl (C=O) groups excluding carboxylic acids is 2. The molecule has 1 aromatic heterocycles. The summed E-state index contributed by atoms with van der Waals surface area (Å²) in [4.78, 5) is 33.9. The van der Waals surface area contributed by atoms with Gasteiger partial charge >= 0.3 is 6.09 Å². The van der Waals surface area contributed by atoms with Crippen LogP contribution in [0.25, 0.3) is 22.4 Å². The van der Waals surface area contributed by atoms with Crippen LogP contribution in [0.4, 0.5) is 10.5 Å². The fourth-order valence-corrected chi connectivity index (χ4v) is 3.34. The third-order valence-electron chi connectivity index (χ3n) is 4.97. The average Bonchev–Trinajstić information content (AvgIpc) is 3.02. The van der Waals surface area contributed by atoms with E-state index in [1.807, 2.05) is 64.1 Å². The van der Waals surface area contributed by atoms with Gasteiger partial charge in [-0.1, -0.05) is 6.07 Å². The van der Waals surface area contributed by atoms with Crippen LogP contribution in [0.15, 0.2) is 42.5 Å². The van der Waals surface area contributed by atoms with Crippen LogP contribution in [0, 0.1) is 12.8 Å². The number of aromatic nitrogens is 2. The highest BCUT2D eigenvalue weighted by atomic mass is 16.6. The van der Waals surface area contributed by atoms with E-state index in [-0.39, 0.29) is 17.9 Å². The molecule has 3 aromatic rings. The van der Waals surface area contributed by atoms with Gasteiger partial charge in [-0.2, -0.15) is 0 Å². The maximum Gasteiger partial charge on any atom is 0.410 e. The van der Waals surface area contributed by atoms with Gasteiger partial charge in [0.15, 0.2) is 0 Å². The Bertz CT molecular complexity index is 1090. The molecule has 0 spiro atoms. The molecule has 0 radical (unpaired) electrons. The van der Waals surface area contributed by atoms with Crippen molar-refractivity contribution in [2.45, 2.75) is 33.3 Å². The first kappa shape index (κ1) is 19.9. The Morgan fingerprint density at radius 1 is 1.13 bits per heavy atom. The van der Waals surface area contributed by atoms with E-state index in [1.165, 1.54) is 5.56 Å². The van der Waals surface area contributed by atoms with Crippen molar-refractivity contribution in [3.8, 4) is 11.4 Å². The quantitative estimate of drug-likeness (QED) is 0.677. The number of amides is 2. The molecule has 30 heavy (non-hydrogen) atoms. The number of nitrogens with one attached hydrogen (secondary N) is 2. The van der Waals surface area contributed by atoms with Crippen LogP contribution in [-0.2, 0) is 9.53 Å². The summed E-state index contributed by atoms with van der Waals surface area (Å²) in [5.41, 5.74) is 4.23. The molecule has 1 saturated heterocycles. The summed E-state index contributed by atoms with van der Waals surface area (Å²) in [5, 5.41) is 2.92. The number of imidazole rings is 1. The van der Waals surface area contributed by atoms with Gasteiger partial charge in [-0.3, -0.25) is 4.79 Å². The Kier molecular flexibility index (Phi) is 4.97. The molecule has 2 aromatic carbocycles. The van der Waals surface area contributed by atoms with Gasteiger partial charge in [0.25, 0.3) is 0 Å². The topological polar surface area (TPSA) is 87.3 Å². The monoisotopic (exact) mass is 406 g/mol. The molecule has 1 fully saturated rings. The number of benzene rings is 2. The molecule has 7 heteroatoms. The van der Waals surface area contributed by atoms with Crippen LogP contribution in [0.3, 0.4) is 0 Å². The first-order valence-corrected chi connectivity index (χ1v) is 10.0. The summed E-state index contributed by atoms with van der Waals surface area (Å²) < 4.78 is 5.32. The van der Waals surface area contributed by atoms with E-state index in [0.717, 1.165) is 22.4 Å². The molecule has 0 aliphatic carbocycles. The Morgan fingerprint density at radius 2 is 1.83 bits per heavy atom. The summed E-state index contributed by atoms with van der Waals surface area (Å²) in [7, 11) is 0. The summed E-state index contributed by atoms with van der Waals surface area (Å²) in [6, 6.07) is 13.7. The number of anilines is 1. The number of fused-ring (bicyclic) bond motifs is 1. The molecule has 2 amide bonds. The molecule has 0 bridgehead atoms. The third-order valence-corrected chi connectivity index (χ3v) is 4.97. The molecular weight excluding hydrogens is 380 g/mol. The number of carbonyl (C=O) groups is 2. The predicted molar refractivity (Wildman–Crippen MR) is 116 cm³/mol. The lowest BCUT2D eigenvalue weighted by Gasteiger charge is -2.38. The second kappa shape index (κ2) is 7.48. The van der Waals surface area contributed by atoms with Crippen LogP contribution in [-0.4, -0.2) is 45.6 Å². The molecule has 0 unspecified atom stereocenters. The molecule has 1 aliphatic heterocycles. The van der Waals surface area contributed by atoms with Gasteiger partial charge in [0, 0.05) is 24.3 Å². The Labute approximate surface area is 175 Å². The predicted octanol–water partition coefficient (Wildman–Crippen LogP) is 4.34. The SMILES string of the molecule is Cc1ccc2nc(-c3ccc(NC(=O)C4CN(C(=O)OC(C)(C)C)C4)cc3)[nH]c2c1. The third kappa shape index (κ3) is 4.30. The van der Waals surface area contributed by atoms with Gasteiger partial charge < -0.3 is 19.9 Å². The number of H-pyrrole nitrogens is 1. The molecule has 2 N–H and O–H groups in total. The zero-order chi connectivity index (χ0) is 21.5. The summed E-state index contributed by atoms with van der Waals surface area (Å²) >= 11 is 0. The van der Waals surface area contributed by atoms with E-state index in [2.05, 4.69) is 21.4 Å². The first-order chi connectivity index (χ1) is 14.2. The van der Waals surface area contributed by atoms with Crippen molar-refractivity contribution >= 4 is 28.7 Å². The van der Waals surface area contributed by atoms with Gasteiger partial charge in [0.1, 0.15) is 11.4 Å². The second-order valence-corrected chi connectivity index (χ2v) is 8.75. The Morgan fingerprint density at radius 3 is 2.50 bits per heavy atom. The zero-order valence-corrected chi connectivity index (χ0v) is 17.7. The van der Waals surface area contributed by atoms with Crippen molar-refractivity contribution in [2.75, 3.05) is 18.4 Å². The van der Waals surface area contributed by atoms with Crippen molar-refractivity contribution in [3.05, 3.63) is 48.0 Å². The van der Waals surface area contributed by atoms with Crippen LogP contribution in [0.1, 0.15) is 26.3 Å². The normalized spacial score (nSPS) is 14.5. The number of aromatic amines is 1. The first-order valence-electron chi connectivity index (χ1n) is 10.0. The van der Waals surface area contributed by atoms with Gasteiger partial charge in [-0.15, -0.1) is 0 Å². The lowest BCUT2D eigenvalue weighted by molar-refractivity contribution is -0.124. The maximum atomic E-state index is 12.4. The summed E-state index contributed by atoms with van der Waals surface area (Å²) in [6.07, 6.45) is -0.378. The van der Waals surface area contributed by atoms with E-state index in [1.54, 1.807) is 4.90 Å². The number of aryl methyl sites for hydroxylation is 1. The van der Waals surface area contributed by atoms with Crippen molar-refractivity contribution in [3.63, 3.8) is 0 Å². The van der Waals surface area contributed by atoms with E-state index in [4.69, 9.17) is 4.74 Å². The lowest BCUT2D eigenvalue weighted by atomic mass is 9.99. The number of rotatable bonds is 3. The zero-order valence-electron chi connectivity index (χ0n) is 17.7. The number of hydrogen-bond donors (Lipinski definition) is 2. The minimum absolute atomic E-state index is 0.0956. The van der Waals surface area contributed by atoms with E-state index >= 15 is 0 Å². The van der Waals surface area contributed by atoms with Gasteiger partial charge in [-0.25, -0.2) is 9.78 Å². The minimum Gasteiger partial charge on any atom is -0.444 e. The highest BCUT2D eigenvalue weighted by molar-refractivity contribution is 5.94. The molecule has 7 nitrogen and oxygen atoms in total. The number of nitrogens with zero attached hydrogens (tertiary/aromatic N) is 2. The highest BCUT2D eigenvalue weighted by Gasteiger charge is 2.37. The standard InChI is InChI=1S/C23H26N4O3/c1-14-5-10-18-19(11-14)26-20(25-18)15-6-8-17(9-7-15)24-21(28)16-12-27(13-16)22(29)30-23(2,3)4/h5-11,16H,12-13H2,1-4H3,(H,24,28)(H,25,26). The summed E-state index contributed by atoms with van der Waals surface area (Å²) in [6.45, 7) is 8.27. The van der Waals surface area contributed by atoms with Gasteiger partial charge in [-0.05, 0) is 69.7 Å². The molecular formula is C23H26N4O3. The summed E-state index contributed by atoms with van der Waals surface area (Å²) in [5.74, 6) is 0.470. The van der Waals surface area contributed by atoms with Crippen LogP contribution in [0.5, 0.6) is 0 Å². The van der Waals surface area contributed by atoms with E-state index < -0.39 is 5.60 Å². The fourth-order valence-electron chi connectivity index (χ4n) is 3.34. The molecule has 156 valence electrons. The molecule has 0 atom stereocenters. The van der Waals surface area contributed by atoms with Crippen molar-refractivity contribution in [2.24, 2.45) is 5.92 Å². The highest BCUT2D eigenvalue weighted by Crippen LogP contribution is 2.24. The molecule has 1 aliphatic rings. The number of ether oxygens (including phenoxy) is 1. The largest absolute Gasteiger partial charge is 0.444 e. The van der Waals surface area contributed by atoms with E-state index in [0.29, 0.717) is 18.8 Å². The van der Waals surface area contributed by atoms with Crippen LogP contribution >= 0.6 is 0 Å². The van der Waals surface area contributed by atoms with Crippen molar-refractivity contribution < 1.29 is 14.3 Å². The minimum atomic E-state index is -0.537. The van der Waals surface area contributed by atoms with Crippen molar-refractivity contribution in [1.29, 1.82) is 0 Å². The number of hydrogen-bond acceptors (Lipinski definition) is 4. The second-order valence-electron chi connectivity index (χ2n) is 8.75. The van der Waals surface area contributed by atoms with Crippen molar-refractivity contribution in [1.82, 2.24) is 14.9 Å². The Hall–Kier alpha value is -3.35. The van der Waals surface area contributed by atoms with Crippen LogP contribution in [0.2, 0.25) is 0 Å². The molecule has 0 saturated carbocycles. The fraction of sp³-hybridized carbons (Fsp3) is 0.348. The molecule has 4 rings (SSSR count). The molecule has 2 heterocycles. The lowest BCUT2D eigenvalue weighted by Crippen LogP contribution is -2.55. The van der Waals surface area contributed by atoms with Gasteiger partial charge in [0.05, 0.1) is 17.0 Å². The number of likely N-dealkylation sites (tertiary alicyclic amines) is 1.